The second-order valence-electron chi connectivity index (χ2n) is 4.07. The smallest absolute Gasteiger partial charge is 0.417 e. The number of aromatic carboxylic acids is 1. The third kappa shape index (κ3) is 3.01. The van der Waals surface area contributed by atoms with Crippen molar-refractivity contribution in [2.75, 3.05) is 0 Å². The fraction of sp³-hybridized carbons (Fsp3) is 0.0714. The standard InChI is InChI=1S/C14H8BrF3O2/c15-10-4-5-11(12(7-10)14(16,17)18)8-2-1-3-9(6-8)13(19)20/h1-7H,(H,19,20). The highest BCUT2D eigenvalue weighted by Crippen LogP contribution is 2.38. The van der Waals surface area contributed by atoms with Gasteiger partial charge in [0.15, 0.2) is 0 Å². The Morgan fingerprint density at radius 1 is 1.10 bits per heavy atom. The van der Waals surface area contributed by atoms with Gasteiger partial charge in [0.25, 0.3) is 0 Å². The topological polar surface area (TPSA) is 37.3 Å². The third-order valence-electron chi connectivity index (χ3n) is 2.71. The molecule has 0 amide bonds. The van der Waals surface area contributed by atoms with Gasteiger partial charge in [-0.15, -0.1) is 0 Å². The van der Waals surface area contributed by atoms with E-state index in [1.54, 1.807) is 0 Å². The Morgan fingerprint density at radius 3 is 2.40 bits per heavy atom. The van der Waals surface area contributed by atoms with E-state index in [1.807, 2.05) is 0 Å². The van der Waals surface area contributed by atoms with Crippen molar-refractivity contribution < 1.29 is 23.1 Å². The summed E-state index contributed by atoms with van der Waals surface area (Å²) in [6, 6.07) is 9.19. The van der Waals surface area contributed by atoms with Crippen molar-refractivity contribution in [1.29, 1.82) is 0 Å². The zero-order chi connectivity index (χ0) is 14.9. The Kier molecular flexibility index (Phi) is 3.85. The molecule has 0 saturated carbocycles. The van der Waals surface area contributed by atoms with Gasteiger partial charge in [-0.3, -0.25) is 0 Å². The molecule has 6 heteroatoms. The molecule has 2 aromatic carbocycles. The molecule has 2 aromatic rings. The number of carboxylic acids is 1. The summed E-state index contributed by atoms with van der Waals surface area (Å²) in [7, 11) is 0. The average Bonchev–Trinajstić information content (AvgIpc) is 2.37. The van der Waals surface area contributed by atoms with Crippen LogP contribution in [0, 0.1) is 0 Å². The highest BCUT2D eigenvalue weighted by molar-refractivity contribution is 9.10. The van der Waals surface area contributed by atoms with E-state index in [-0.39, 0.29) is 16.7 Å². The lowest BCUT2D eigenvalue weighted by atomic mass is 9.98. The monoisotopic (exact) mass is 344 g/mol. The molecule has 0 aliphatic rings. The molecule has 20 heavy (non-hydrogen) atoms. The summed E-state index contributed by atoms with van der Waals surface area (Å²) in [4.78, 5) is 10.9. The first kappa shape index (κ1) is 14.6. The van der Waals surface area contributed by atoms with Gasteiger partial charge in [-0.05, 0) is 35.4 Å². The molecule has 0 aromatic heterocycles. The SMILES string of the molecule is O=C(O)c1cccc(-c2ccc(Br)cc2C(F)(F)F)c1. The van der Waals surface area contributed by atoms with Crippen LogP contribution in [0.1, 0.15) is 15.9 Å². The second-order valence-corrected chi connectivity index (χ2v) is 4.99. The first-order valence-electron chi connectivity index (χ1n) is 5.49. The van der Waals surface area contributed by atoms with E-state index < -0.39 is 17.7 Å². The van der Waals surface area contributed by atoms with E-state index in [1.165, 1.54) is 36.4 Å². The largest absolute Gasteiger partial charge is 0.478 e. The van der Waals surface area contributed by atoms with Crippen molar-refractivity contribution in [1.82, 2.24) is 0 Å². The predicted molar refractivity (Wildman–Crippen MR) is 71.5 cm³/mol. The normalized spacial score (nSPS) is 11.4. The molecule has 2 nitrogen and oxygen atoms in total. The van der Waals surface area contributed by atoms with Crippen LogP contribution in [0.25, 0.3) is 11.1 Å². The van der Waals surface area contributed by atoms with E-state index in [0.29, 0.717) is 4.47 Å². The van der Waals surface area contributed by atoms with Gasteiger partial charge in [0, 0.05) is 4.47 Å². The van der Waals surface area contributed by atoms with Crippen molar-refractivity contribution in [2.24, 2.45) is 0 Å². The van der Waals surface area contributed by atoms with Gasteiger partial charge in [-0.1, -0.05) is 34.1 Å². The van der Waals surface area contributed by atoms with Gasteiger partial charge in [0.2, 0.25) is 0 Å². The summed E-state index contributed by atoms with van der Waals surface area (Å²) in [6.07, 6.45) is -4.52. The molecule has 2 rings (SSSR count). The number of halogens is 4. The molecule has 0 saturated heterocycles. The highest BCUT2D eigenvalue weighted by Gasteiger charge is 2.33. The van der Waals surface area contributed by atoms with E-state index in [4.69, 9.17) is 5.11 Å². The fourth-order valence-corrected chi connectivity index (χ4v) is 2.18. The number of hydrogen-bond donors (Lipinski definition) is 1. The van der Waals surface area contributed by atoms with Gasteiger partial charge in [0.05, 0.1) is 11.1 Å². The molecule has 104 valence electrons. The van der Waals surface area contributed by atoms with Crippen molar-refractivity contribution >= 4 is 21.9 Å². The lowest BCUT2D eigenvalue weighted by Gasteiger charge is -2.14. The molecular weight excluding hydrogens is 337 g/mol. The Hall–Kier alpha value is -1.82. The summed E-state index contributed by atoms with van der Waals surface area (Å²) in [5.41, 5.74) is -0.707. The molecule has 0 atom stereocenters. The predicted octanol–water partition coefficient (Wildman–Crippen LogP) is 4.83. The van der Waals surface area contributed by atoms with Crippen LogP contribution in [0.4, 0.5) is 13.2 Å². The number of alkyl halides is 3. The second kappa shape index (κ2) is 5.28. The van der Waals surface area contributed by atoms with Crippen LogP contribution in [0.2, 0.25) is 0 Å². The van der Waals surface area contributed by atoms with E-state index in [2.05, 4.69) is 15.9 Å². The number of hydrogen-bond acceptors (Lipinski definition) is 1. The molecule has 0 radical (unpaired) electrons. The van der Waals surface area contributed by atoms with E-state index >= 15 is 0 Å². The van der Waals surface area contributed by atoms with Crippen molar-refractivity contribution in [3.8, 4) is 11.1 Å². The number of carbonyl (C=O) groups is 1. The molecule has 0 spiro atoms. The van der Waals surface area contributed by atoms with Gasteiger partial charge in [0.1, 0.15) is 0 Å². The van der Waals surface area contributed by atoms with Crippen LogP contribution in [-0.4, -0.2) is 11.1 Å². The average molecular weight is 345 g/mol. The van der Waals surface area contributed by atoms with Crippen LogP contribution in [0.15, 0.2) is 46.9 Å². The van der Waals surface area contributed by atoms with Crippen LogP contribution < -0.4 is 0 Å². The van der Waals surface area contributed by atoms with Crippen LogP contribution >= 0.6 is 15.9 Å². The molecule has 0 fully saturated rings. The fourth-order valence-electron chi connectivity index (χ4n) is 1.82. The Balaban J connectivity index is 2.64. The molecule has 0 aliphatic heterocycles. The minimum atomic E-state index is -4.52. The minimum Gasteiger partial charge on any atom is -0.478 e. The quantitative estimate of drug-likeness (QED) is 0.846. The third-order valence-corrected chi connectivity index (χ3v) is 3.20. The molecule has 0 unspecified atom stereocenters. The molecule has 1 N–H and O–H groups in total. The summed E-state index contributed by atoms with van der Waals surface area (Å²) in [5.74, 6) is -1.18. The number of carboxylic acid groups (broad SMARTS) is 1. The van der Waals surface area contributed by atoms with Crippen molar-refractivity contribution in [3.63, 3.8) is 0 Å². The number of rotatable bonds is 2. The summed E-state index contributed by atoms with van der Waals surface area (Å²) >= 11 is 3.00. The van der Waals surface area contributed by atoms with Gasteiger partial charge in [-0.25, -0.2) is 4.79 Å². The van der Waals surface area contributed by atoms with Gasteiger partial charge in [-0.2, -0.15) is 13.2 Å². The summed E-state index contributed by atoms with van der Waals surface area (Å²) in [5, 5.41) is 8.90. The van der Waals surface area contributed by atoms with E-state index in [0.717, 1.165) is 6.07 Å². The first-order valence-corrected chi connectivity index (χ1v) is 6.29. The van der Waals surface area contributed by atoms with Crippen LogP contribution in [0.3, 0.4) is 0 Å². The molecule has 0 heterocycles. The summed E-state index contributed by atoms with van der Waals surface area (Å²) in [6.45, 7) is 0. The minimum absolute atomic E-state index is 0.0520. The van der Waals surface area contributed by atoms with E-state index in [9.17, 15) is 18.0 Å². The Morgan fingerprint density at radius 2 is 1.80 bits per heavy atom. The lowest BCUT2D eigenvalue weighted by molar-refractivity contribution is -0.137. The van der Waals surface area contributed by atoms with Crippen LogP contribution in [0.5, 0.6) is 0 Å². The highest BCUT2D eigenvalue weighted by atomic mass is 79.9. The van der Waals surface area contributed by atoms with Gasteiger partial charge < -0.3 is 5.11 Å². The van der Waals surface area contributed by atoms with Crippen molar-refractivity contribution in [2.45, 2.75) is 6.18 Å². The Labute approximate surface area is 121 Å². The molecule has 0 aliphatic carbocycles. The maximum absolute atomic E-state index is 13.0. The van der Waals surface area contributed by atoms with Crippen molar-refractivity contribution in [3.05, 3.63) is 58.1 Å². The maximum atomic E-state index is 13.0. The lowest BCUT2D eigenvalue weighted by Crippen LogP contribution is -2.07. The maximum Gasteiger partial charge on any atom is 0.417 e. The summed E-state index contributed by atoms with van der Waals surface area (Å²) < 4.78 is 39.4. The Bertz CT molecular complexity index is 666. The molecular formula is C14H8BrF3O2. The molecule has 0 bridgehead atoms. The zero-order valence-corrected chi connectivity index (χ0v) is 11.5. The van der Waals surface area contributed by atoms with Gasteiger partial charge >= 0.3 is 12.1 Å². The van der Waals surface area contributed by atoms with Crippen LogP contribution in [-0.2, 0) is 6.18 Å². The number of benzene rings is 2. The first-order chi connectivity index (χ1) is 9.29. The zero-order valence-electron chi connectivity index (χ0n) is 9.91.